The Morgan fingerprint density at radius 2 is 1.77 bits per heavy atom. The predicted octanol–water partition coefficient (Wildman–Crippen LogP) is 5.33. The molecule has 7 nitrogen and oxygen atoms in total. The third-order valence-electron chi connectivity index (χ3n) is 7.83. The Kier molecular flexibility index (Phi) is 8.84. The van der Waals surface area contributed by atoms with Crippen molar-refractivity contribution < 1.29 is 4.79 Å². The molecule has 1 atom stereocenters. The molecule has 1 unspecified atom stereocenters. The molecular formula is C31H37IN6O. The van der Waals surface area contributed by atoms with Crippen molar-refractivity contribution in [2.75, 3.05) is 23.7 Å². The molecule has 4 N–H and O–H groups in total. The monoisotopic (exact) mass is 636 g/mol. The van der Waals surface area contributed by atoms with Gasteiger partial charge in [0.2, 0.25) is 5.91 Å². The van der Waals surface area contributed by atoms with Crippen LogP contribution < -0.4 is 16.4 Å². The van der Waals surface area contributed by atoms with Crippen molar-refractivity contribution in [1.29, 1.82) is 0 Å². The number of hydrogen-bond donors (Lipinski definition) is 3. The maximum atomic E-state index is 13.1. The molecule has 4 aromatic rings. The molecule has 0 radical (unpaired) electrons. The van der Waals surface area contributed by atoms with E-state index in [1.54, 1.807) is 0 Å². The number of carbonyl (C=O) groups excluding carboxylic acids is 1. The molecule has 204 valence electrons. The second-order valence-corrected chi connectivity index (χ2v) is 11.6. The lowest BCUT2D eigenvalue weighted by molar-refractivity contribution is -0.121. The fraction of sp³-hybridized carbons (Fsp3) is 0.355. The quantitative estimate of drug-likeness (QED) is 0.217. The number of piperidine rings is 1. The number of rotatable bonds is 9. The third-order valence-corrected chi connectivity index (χ3v) is 8.77. The summed E-state index contributed by atoms with van der Waals surface area (Å²) in [4.78, 5) is 20.3. The number of halogens is 1. The van der Waals surface area contributed by atoms with E-state index in [9.17, 15) is 4.79 Å². The highest BCUT2D eigenvalue weighted by Gasteiger charge is 2.27. The maximum absolute atomic E-state index is 13.1. The van der Waals surface area contributed by atoms with Crippen LogP contribution in [0.3, 0.4) is 0 Å². The van der Waals surface area contributed by atoms with E-state index in [2.05, 4.69) is 98.3 Å². The number of amides is 1. The Balaban J connectivity index is 1.16. The molecule has 0 aliphatic carbocycles. The predicted molar refractivity (Wildman–Crippen MR) is 168 cm³/mol. The van der Waals surface area contributed by atoms with Crippen molar-refractivity contribution in [3.05, 3.63) is 87.3 Å². The number of fused-ring (bicyclic) bond motifs is 1. The van der Waals surface area contributed by atoms with Gasteiger partial charge in [-0.15, -0.1) is 0 Å². The van der Waals surface area contributed by atoms with Gasteiger partial charge in [0.05, 0.1) is 17.1 Å². The lowest BCUT2D eigenvalue weighted by Crippen LogP contribution is -2.48. The van der Waals surface area contributed by atoms with Gasteiger partial charge in [0, 0.05) is 54.1 Å². The SMILES string of the molecule is CC(C(=O)Nc1ccc2c(c1)nc(CCc1ccc(CN)cc1)n2C)N1CCC(Nc2ccccc2I)CC1. The number of aromatic nitrogens is 2. The summed E-state index contributed by atoms with van der Waals surface area (Å²) in [6.07, 6.45) is 3.80. The van der Waals surface area contributed by atoms with E-state index in [0.717, 1.165) is 66.9 Å². The minimum absolute atomic E-state index is 0.0236. The van der Waals surface area contributed by atoms with Gasteiger partial charge in [0.25, 0.3) is 0 Å². The van der Waals surface area contributed by atoms with Crippen LogP contribution in [0.2, 0.25) is 0 Å². The highest BCUT2D eigenvalue weighted by atomic mass is 127. The van der Waals surface area contributed by atoms with Crippen LogP contribution in [0, 0.1) is 3.57 Å². The van der Waals surface area contributed by atoms with Gasteiger partial charge in [-0.3, -0.25) is 9.69 Å². The average Bonchev–Trinajstić information content (AvgIpc) is 3.27. The number of nitrogens with zero attached hydrogens (tertiary/aromatic N) is 3. The number of nitrogens with one attached hydrogen (secondary N) is 2. The number of benzene rings is 3. The number of anilines is 2. The fourth-order valence-corrected chi connectivity index (χ4v) is 5.83. The van der Waals surface area contributed by atoms with Gasteiger partial charge in [-0.25, -0.2) is 4.98 Å². The number of likely N-dealkylation sites (tertiary alicyclic amines) is 1. The molecule has 1 aliphatic heterocycles. The number of carbonyl (C=O) groups is 1. The van der Waals surface area contributed by atoms with Crippen LogP contribution in [-0.2, 0) is 31.2 Å². The van der Waals surface area contributed by atoms with E-state index in [1.165, 1.54) is 14.8 Å². The summed E-state index contributed by atoms with van der Waals surface area (Å²) in [5.74, 6) is 1.06. The van der Waals surface area contributed by atoms with E-state index < -0.39 is 0 Å². The van der Waals surface area contributed by atoms with Crippen LogP contribution in [0.1, 0.15) is 36.7 Å². The summed E-state index contributed by atoms with van der Waals surface area (Å²) in [6, 6.07) is 23.1. The van der Waals surface area contributed by atoms with Crippen LogP contribution >= 0.6 is 22.6 Å². The molecule has 5 rings (SSSR count). The van der Waals surface area contributed by atoms with E-state index in [-0.39, 0.29) is 11.9 Å². The molecule has 1 amide bonds. The van der Waals surface area contributed by atoms with Gasteiger partial charge >= 0.3 is 0 Å². The number of aryl methyl sites for hydroxylation is 3. The topological polar surface area (TPSA) is 88.2 Å². The third kappa shape index (κ3) is 6.62. The molecule has 0 spiro atoms. The highest BCUT2D eigenvalue weighted by Crippen LogP contribution is 2.24. The van der Waals surface area contributed by atoms with Crippen LogP contribution in [0.25, 0.3) is 11.0 Å². The summed E-state index contributed by atoms with van der Waals surface area (Å²) >= 11 is 2.37. The normalized spacial score (nSPS) is 15.4. The summed E-state index contributed by atoms with van der Waals surface area (Å²) in [5.41, 5.74) is 12.1. The first-order valence-electron chi connectivity index (χ1n) is 13.7. The lowest BCUT2D eigenvalue weighted by atomic mass is 10.0. The molecule has 2 heterocycles. The maximum Gasteiger partial charge on any atom is 0.241 e. The van der Waals surface area contributed by atoms with Gasteiger partial charge in [-0.05, 0) is 90.2 Å². The van der Waals surface area contributed by atoms with Crippen LogP contribution in [0.4, 0.5) is 11.4 Å². The van der Waals surface area contributed by atoms with E-state index in [1.807, 2.05) is 25.1 Å². The van der Waals surface area contributed by atoms with E-state index in [4.69, 9.17) is 10.7 Å². The fourth-order valence-electron chi connectivity index (χ4n) is 5.29. The summed E-state index contributed by atoms with van der Waals surface area (Å²) in [5, 5.41) is 6.81. The van der Waals surface area contributed by atoms with Crippen LogP contribution in [0.15, 0.2) is 66.7 Å². The number of para-hydroxylation sites is 1. The van der Waals surface area contributed by atoms with E-state index >= 15 is 0 Å². The zero-order chi connectivity index (χ0) is 27.4. The van der Waals surface area contributed by atoms with Gasteiger partial charge in [-0.2, -0.15) is 0 Å². The molecule has 1 fully saturated rings. The second-order valence-electron chi connectivity index (χ2n) is 10.4. The van der Waals surface area contributed by atoms with Gasteiger partial charge < -0.3 is 20.9 Å². The number of nitrogens with two attached hydrogens (primary N) is 1. The van der Waals surface area contributed by atoms with Gasteiger partial charge in [0.1, 0.15) is 5.82 Å². The van der Waals surface area contributed by atoms with Gasteiger partial charge in [0.15, 0.2) is 0 Å². The first-order chi connectivity index (χ1) is 18.9. The smallest absolute Gasteiger partial charge is 0.241 e. The Labute approximate surface area is 244 Å². The standard InChI is InChI=1S/C31H37IN6O/c1-21(38-17-15-24(16-18-38)34-27-6-4-3-5-26(27)32)31(39)35-25-12-13-29-28(19-25)36-30(37(29)2)14-11-22-7-9-23(20-33)10-8-22/h3-10,12-13,19,21,24,34H,11,14-18,20,33H2,1-2H3,(H,35,39). The minimum atomic E-state index is -0.191. The van der Waals surface area contributed by atoms with Crippen LogP contribution in [0.5, 0.6) is 0 Å². The van der Waals surface area contributed by atoms with Crippen molar-refractivity contribution in [2.24, 2.45) is 12.8 Å². The first kappa shape index (κ1) is 27.6. The highest BCUT2D eigenvalue weighted by molar-refractivity contribution is 14.1. The summed E-state index contributed by atoms with van der Waals surface area (Å²) in [6.45, 7) is 4.36. The molecule has 3 aromatic carbocycles. The minimum Gasteiger partial charge on any atom is -0.381 e. The summed E-state index contributed by atoms with van der Waals surface area (Å²) in [7, 11) is 2.06. The van der Waals surface area contributed by atoms with Crippen molar-refractivity contribution in [3.8, 4) is 0 Å². The molecule has 1 aromatic heterocycles. The molecule has 0 bridgehead atoms. The Morgan fingerprint density at radius 1 is 1.05 bits per heavy atom. The van der Waals surface area contributed by atoms with Crippen molar-refractivity contribution in [2.45, 2.75) is 51.2 Å². The second kappa shape index (κ2) is 12.5. The summed E-state index contributed by atoms with van der Waals surface area (Å²) < 4.78 is 3.38. The van der Waals surface area contributed by atoms with Crippen molar-refractivity contribution >= 4 is 50.9 Å². The van der Waals surface area contributed by atoms with Crippen molar-refractivity contribution in [1.82, 2.24) is 14.5 Å². The molecule has 1 saturated heterocycles. The zero-order valence-electron chi connectivity index (χ0n) is 22.7. The number of imidazole rings is 1. The van der Waals surface area contributed by atoms with Crippen molar-refractivity contribution in [3.63, 3.8) is 0 Å². The lowest BCUT2D eigenvalue weighted by Gasteiger charge is -2.36. The first-order valence-corrected chi connectivity index (χ1v) is 14.8. The average molecular weight is 637 g/mol. The molecule has 8 heteroatoms. The Bertz CT molecular complexity index is 1430. The number of hydrogen-bond acceptors (Lipinski definition) is 5. The Hall–Kier alpha value is -2.95. The molecule has 1 aliphatic rings. The Morgan fingerprint density at radius 3 is 2.49 bits per heavy atom. The van der Waals surface area contributed by atoms with Crippen LogP contribution in [-0.4, -0.2) is 45.5 Å². The van der Waals surface area contributed by atoms with Gasteiger partial charge in [-0.1, -0.05) is 36.4 Å². The molecule has 0 saturated carbocycles. The largest absolute Gasteiger partial charge is 0.381 e. The van der Waals surface area contributed by atoms with E-state index in [0.29, 0.717) is 12.6 Å². The zero-order valence-corrected chi connectivity index (χ0v) is 24.8. The molecule has 39 heavy (non-hydrogen) atoms. The molecular weight excluding hydrogens is 599 g/mol.